The zero-order valence-electron chi connectivity index (χ0n) is 12.6. The fourth-order valence-electron chi connectivity index (χ4n) is 2.67. The lowest BCUT2D eigenvalue weighted by atomic mass is 9.94. The number of hydrogen-bond donors (Lipinski definition) is 1. The minimum absolute atomic E-state index is 0.390. The fourth-order valence-corrected chi connectivity index (χ4v) is 2.67. The van der Waals surface area contributed by atoms with Crippen molar-refractivity contribution in [3.63, 3.8) is 0 Å². The van der Waals surface area contributed by atoms with Crippen LogP contribution < -0.4 is 5.32 Å². The molecule has 0 radical (unpaired) electrons. The van der Waals surface area contributed by atoms with Crippen LogP contribution in [0.3, 0.4) is 0 Å². The number of rotatable bonds is 8. The van der Waals surface area contributed by atoms with E-state index < -0.39 is 0 Å². The first-order valence-corrected chi connectivity index (χ1v) is 7.72. The first kappa shape index (κ1) is 14.7. The third-order valence-corrected chi connectivity index (χ3v) is 3.82. The molecule has 0 aliphatic heterocycles. The maximum Gasteiger partial charge on any atom is 0.117 e. The standard InChI is InChI=1S/C19H21NO2/c1-2-6-16(7-3-1)14-17(19-9-5-13-22-19)10-11-20-15-18-8-4-12-21-18/h1-9,12-13,17,20H,10-11,14-15H2. The summed E-state index contributed by atoms with van der Waals surface area (Å²) in [6.07, 6.45) is 5.49. The van der Waals surface area contributed by atoms with Crippen LogP contribution in [0.25, 0.3) is 0 Å². The van der Waals surface area contributed by atoms with Crippen LogP contribution in [0.4, 0.5) is 0 Å². The Morgan fingerprint density at radius 1 is 0.864 bits per heavy atom. The third-order valence-electron chi connectivity index (χ3n) is 3.82. The van der Waals surface area contributed by atoms with Crippen molar-refractivity contribution in [3.05, 3.63) is 84.2 Å². The molecule has 3 rings (SSSR count). The lowest BCUT2D eigenvalue weighted by molar-refractivity contribution is 0.427. The molecule has 0 saturated heterocycles. The van der Waals surface area contributed by atoms with Crippen LogP contribution in [-0.4, -0.2) is 6.54 Å². The third kappa shape index (κ3) is 4.12. The van der Waals surface area contributed by atoms with Crippen LogP contribution in [0.15, 0.2) is 76.0 Å². The van der Waals surface area contributed by atoms with Crippen molar-refractivity contribution < 1.29 is 8.83 Å². The van der Waals surface area contributed by atoms with Gasteiger partial charge in [-0.25, -0.2) is 0 Å². The normalized spacial score (nSPS) is 12.4. The number of benzene rings is 1. The highest BCUT2D eigenvalue weighted by molar-refractivity contribution is 5.19. The van der Waals surface area contributed by atoms with E-state index in [0.29, 0.717) is 5.92 Å². The van der Waals surface area contributed by atoms with E-state index in [-0.39, 0.29) is 0 Å². The number of nitrogens with one attached hydrogen (secondary N) is 1. The molecular formula is C19H21NO2. The average Bonchev–Trinajstić information content (AvgIpc) is 3.24. The van der Waals surface area contributed by atoms with Gasteiger partial charge in [0.15, 0.2) is 0 Å². The molecule has 2 heterocycles. The molecule has 3 heteroatoms. The quantitative estimate of drug-likeness (QED) is 0.627. The van der Waals surface area contributed by atoms with Crippen molar-refractivity contribution in [1.82, 2.24) is 5.32 Å². The molecule has 0 amide bonds. The fraction of sp³-hybridized carbons (Fsp3) is 0.263. The second-order valence-electron chi connectivity index (χ2n) is 5.45. The highest BCUT2D eigenvalue weighted by Gasteiger charge is 2.15. The Kier molecular flexibility index (Phi) is 5.11. The summed E-state index contributed by atoms with van der Waals surface area (Å²) in [6.45, 7) is 1.70. The van der Waals surface area contributed by atoms with Crippen LogP contribution in [0.1, 0.15) is 29.4 Å². The molecule has 1 unspecified atom stereocenters. The van der Waals surface area contributed by atoms with Gasteiger partial charge in [0.05, 0.1) is 19.1 Å². The monoisotopic (exact) mass is 295 g/mol. The van der Waals surface area contributed by atoms with Crippen LogP contribution in [0.2, 0.25) is 0 Å². The van der Waals surface area contributed by atoms with Gasteiger partial charge in [0.25, 0.3) is 0 Å². The summed E-state index contributed by atoms with van der Waals surface area (Å²) in [7, 11) is 0. The van der Waals surface area contributed by atoms with Gasteiger partial charge in [-0.2, -0.15) is 0 Å². The summed E-state index contributed by atoms with van der Waals surface area (Å²) in [5, 5.41) is 3.43. The summed E-state index contributed by atoms with van der Waals surface area (Å²) < 4.78 is 11.0. The SMILES string of the molecule is c1ccc(CC(CCNCc2ccco2)c2ccco2)cc1. The highest BCUT2D eigenvalue weighted by Crippen LogP contribution is 2.24. The zero-order chi connectivity index (χ0) is 15.0. The molecule has 2 aromatic heterocycles. The van der Waals surface area contributed by atoms with E-state index in [1.807, 2.05) is 18.2 Å². The van der Waals surface area contributed by atoms with Crippen molar-refractivity contribution in [2.24, 2.45) is 0 Å². The van der Waals surface area contributed by atoms with Gasteiger partial charge in [-0.3, -0.25) is 0 Å². The molecule has 114 valence electrons. The first-order chi connectivity index (χ1) is 10.9. The molecule has 3 aromatic rings. The zero-order valence-corrected chi connectivity index (χ0v) is 12.6. The molecule has 0 aliphatic carbocycles. The Morgan fingerprint density at radius 2 is 1.68 bits per heavy atom. The second kappa shape index (κ2) is 7.66. The van der Waals surface area contributed by atoms with E-state index in [4.69, 9.17) is 8.83 Å². The Morgan fingerprint density at radius 3 is 2.41 bits per heavy atom. The predicted molar refractivity (Wildman–Crippen MR) is 86.6 cm³/mol. The van der Waals surface area contributed by atoms with Gasteiger partial charge in [0, 0.05) is 5.92 Å². The lowest BCUT2D eigenvalue weighted by Crippen LogP contribution is -2.17. The minimum atomic E-state index is 0.390. The van der Waals surface area contributed by atoms with E-state index in [0.717, 1.165) is 37.5 Å². The van der Waals surface area contributed by atoms with Gasteiger partial charge in [0.1, 0.15) is 11.5 Å². The topological polar surface area (TPSA) is 38.3 Å². The summed E-state index contributed by atoms with van der Waals surface area (Å²) >= 11 is 0. The van der Waals surface area contributed by atoms with Crippen molar-refractivity contribution in [1.29, 1.82) is 0 Å². The van der Waals surface area contributed by atoms with Crippen molar-refractivity contribution in [2.75, 3.05) is 6.54 Å². The molecular weight excluding hydrogens is 274 g/mol. The smallest absolute Gasteiger partial charge is 0.117 e. The molecule has 0 fully saturated rings. The van der Waals surface area contributed by atoms with Gasteiger partial charge in [-0.1, -0.05) is 30.3 Å². The van der Waals surface area contributed by atoms with E-state index in [1.54, 1.807) is 12.5 Å². The lowest BCUT2D eigenvalue weighted by Gasteiger charge is -2.15. The molecule has 1 aromatic carbocycles. The van der Waals surface area contributed by atoms with E-state index in [2.05, 4.69) is 41.7 Å². The molecule has 1 atom stereocenters. The maximum absolute atomic E-state index is 5.62. The van der Waals surface area contributed by atoms with Gasteiger partial charge < -0.3 is 14.2 Å². The van der Waals surface area contributed by atoms with E-state index in [1.165, 1.54) is 5.56 Å². The molecule has 22 heavy (non-hydrogen) atoms. The van der Waals surface area contributed by atoms with Crippen LogP contribution in [-0.2, 0) is 13.0 Å². The molecule has 1 N–H and O–H groups in total. The molecule has 0 aliphatic rings. The van der Waals surface area contributed by atoms with Crippen LogP contribution in [0.5, 0.6) is 0 Å². The van der Waals surface area contributed by atoms with Crippen LogP contribution in [0, 0.1) is 0 Å². The van der Waals surface area contributed by atoms with Crippen molar-refractivity contribution >= 4 is 0 Å². The number of furan rings is 2. The largest absolute Gasteiger partial charge is 0.469 e. The summed E-state index contributed by atoms with van der Waals surface area (Å²) in [4.78, 5) is 0. The van der Waals surface area contributed by atoms with E-state index >= 15 is 0 Å². The van der Waals surface area contributed by atoms with Crippen LogP contribution >= 0.6 is 0 Å². The summed E-state index contributed by atoms with van der Waals surface area (Å²) in [5.41, 5.74) is 1.34. The van der Waals surface area contributed by atoms with E-state index in [9.17, 15) is 0 Å². The van der Waals surface area contributed by atoms with Gasteiger partial charge >= 0.3 is 0 Å². The predicted octanol–water partition coefficient (Wildman–Crippen LogP) is 4.38. The molecule has 0 bridgehead atoms. The van der Waals surface area contributed by atoms with Gasteiger partial charge in [-0.15, -0.1) is 0 Å². The average molecular weight is 295 g/mol. The van der Waals surface area contributed by atoms with Crippen molar-refractivity contribution in [2.45, 2.75) is 25.3 Å². The number of hydrogen-bond acceptors (Lipinski definition) is 3. The Balaban J connectivity index is 1.55. The Bertz CT molecular complexity index is 629. The Labute approximate surface area is 131 Å². The summed E-state index contributed by atoms with van der Waals surface area (Å²) in [5.74, 6) is 2.42. The molecule has 0 spiro atoms. The van der Waals surface area contributed by atoms with Gasteiger partial charge in [0.2, 0.25) is 0 Å². The molecule has 3 nitrogen and oxygen atoms in total. The maximum atomic E-state index is 5.62. The highest BCUT2D eigenvalue weighted by atomic mass is 16.3. The van der Waals surface area contributed by atoms with Crippen molar-refractivity contribution in [3.8, 4) is 0 Å². The Hall–Kier alpha value is -2.26. The minimum Gasteiger partial charge on any atom is -0.469 e. The first-order valence-electron chi connectivity index (χ1n) is 7.72. The van der Waals surface area contributed by atoms with Gasteiger partial charge in [-0.05, 0) is 49.2 Å². The molecule has 0 saturated carbocycles. The second-order valence-corrected chi connectivity index (χ2v) is 5.45. The summed E-state index contributed by atoms with van der Waals surface area (Å²) in [6, 6.07) is 18.5.